The summed E-state index contributed by atoms with van der Waals surface area (Å²) in [7, 11) is 0. The summed E-state index contributed by atoms with van der Waals surface area (Å²) >= 11 is 0. The number of carbonyl (C=O) groups excluding carboxylic acids is 2. The first kappa shape index (κ1) is 28.2. The van der Waals surface area contributed by atoms with Crippen LogP contribution in [0.1, 0.15) is 40.9 Å². The molecule has 1 aliphatic rings. The molecule has 43 heavy (non-hydrogen) atoms. The van der Waals surface area contributed by atoms with Gasteiger partial charge in [0.15, 0.2) is 0 Å². The molecule has 7 nitrogen and oxygen atoms in total. The van der Waals surface area contributed by atoms with E-state index in [1.807, 2.05) is 54.6 Å². The van der Waals surface area contributed by atoms with Crippen molar-refractivity contribution in [2.24, 2.45) is 0 Å². The highest BCUT2D eigenvalue weighted by atomic mass is 19.3. The normalized spacial score (nSPS) is 14.5. The summed E-state index contributed by atoms with van der Waals surface area (Å²) in [6, 6.07) is 20.8. The molecule has 0 atom stereocenters. The first-order chi connectivity index (χ1) is 20.8. The maximum atomic E-state index is 13.6. The summed E-state index contributed by atoms with van der Waals surface area (Å²) in [5, 5.41) is 3.81. The lowest BCUT2D eigenvalue weighted by atomic mass is 9.96. The van der Waals surface area contributed by atoms with Gasteiger partial charge in [0, 0.05) is 79.2 Å². The van der Waals surface area contributed by atoms with Crippen molar-refractivity contribution in [2.75, 3.05) is 13.1 Å². The monoisotopic (exact) mass is 580 g/mol. The lowest BCUT2D eigenvalue weighted by Gasteiger charge is -2.31. The Kier molecular flexibility index (Phi) is 7.96. The highest BCUT2D eigenvalue weighted by Gasteiger charge is 2.35. The molecule has 2 aromatic carbocycles. The van der Waals surface area contributed by atoms with Crippen molar-refractivity contribution >= 4 is 22.8 Å². The molecular weight excluding hydrogens is 550 g/mol. The number of rotatable bonds is 8. The molecule has 0 aliphatic carbocycles. The maximum Gasteiger partial charge on any atom is 0.253 e. The number of piperidine rings is 1. The van der Waals surface area contributed by atoms with Crippen LogP contribution in [0.25, 0.3) is 33.2 Å². The summed E-state index contributed by atoms with van der Waals surface area (Å²) < 4.78 is 33.3. The number of hydrogen-bond donors (Lipinski definition) is 1. The van der Waals surface area contributed by atoms with Crippen molar-refractivity contribution in [2.45, 2.75) is 38.2 Å². The van der Waals surface area contributed by atoms with Gasteiger partial charge in [-0.05, 0) is 65.6 Å². The van der Waals surface area contributed by atoms with Crippen LogP contribution in [0.4, 0.5) is 8.78 Å². The number of halogens is 2. The molecule has 1 saturated heterocycles. The van der Waals surface area contributed by atoms with Crippen LogP contribution < -0.4 is 5.32 Å². The molecule has 1 aliphatic heterocycles. The van der Waals surface area contributed by atoms with Crippen LogP contribution in [0.2, 0.25) is 0 Å². The Morgan fingerprint density at radius 2 is 1.63 bits per heavy atom. The number of aromatic nitrogens is 2. The predicted octanol–water partition coefficient (Wildman–Crippen LogP) is 6.68. The van der Waals surface area contributed by atoms with Crippen molar-refractivity contribution in [3.63, 3.8) is 0 Å². The average molecular weight is 581 g/mol. The average Bonchev–Trinajstić information content (AvgIpc) is 3.46. The van der Waals surface area contributed by atoms with Crippen LogP contribution in [0.15, 0.2) is 95.9 Å². The molecule has 0 saturated carbocycles. The van der Waals surface area contributed by atoms with Gasteiger partial charge in [-0.25, -0.2) is 8.78 Å². The molecule has 3 aromatic heterocycles. The zero-order chi connectivity index (χ0) is 29.8. The van der Waals surface area contributed by atoms with E-state index in [4.69, 9.17) is 4.42 Å². The molecule has 5 aromatic rings. The van der Waals surface area contributed by atoms with Gasteiger partial charge >= 0.3 is 0 Å². The third kappa shape index (κ3) is 6.61. The number of pyridine rings is 2. The SMILES string of the molecule is O=C(CCc1cccnc1)NCc1cc2cc(-c3ccc(C(=O)N4CCC(F)(F)CC4)cc3)cc(-c3cccnc3)c2o1. The van der Waals surface area contributed by atoms with Crippen molar-refractivity contribution < 1.29 is 22.8 Å². The number of furan rings is 1. The number of fused-ring (bicyclic) bond motifs is 1. The summed E-state index contributed by atoms with van der Waals surface area (Å²) in [5.74, 6) is -2.40. The zero-order valence-corrected chi connectivity index (χ0v) is 23.4. The Morgan fingerprint density at radius 1 is 0.884 bits per heavy atom. The van der Waals surface area contributed by atoms with Gasteiger partial charge in [0.05, 0.1) is 6.54 Å². The Hall–Kier alpha value is -4.92. The molecule has 9 heteroatoms. The number of benzene rings is 2. The highest BCUT2D eigenvalue weighted by molar-refractivity contribution is 5.98. The molecule has 218 valence electrons. The quantitative estimate of drug-likeness (QED) is 0.221. The standard InChI is InChI=1S/C34H30F2N4O3/c35-34(36)11-15-40(16-12-34)33(42)25-8-6-24(7-9-25)27-17-28-18-29(22-39-31(41)10-5-23-3-1-13-37-20-23)43-32(28)30(19-27)26-4-2-14-38-21-26/h1-4,6-9,13-14,17-21H,5,10-12,15-16,22H2,(H,39,41). The molecule has 1 fully saturated rings. The molecule has 1 N–H and O–H groups in total. The van der Waals surface area contributed by atoms with E-state index in [0.29, 0.717) is 29.7 Å². The first-order valence-corrected chi connectivity index (χ1v) is 14.2. The van der Waals surface area contributed by atoms with Gasteiger partial charge in [0.2, 0.25) is 5.91 Å². The van der Waals surface area contributed by atoms with E-state index in [0.717, 1.165) is 33.2 Å². The molecule has 6 rings (SSSR count). The number of likely N-dealkylation sites (tertiary alicyclic amines) is 1. The second kappa shape index (κ2) is 12.1. The minimum absolute atomic E-state index is 0.0481. The first-order valence-electron chi connectivity index (χ1n) is 14.2. The minimum atomic E-state index is -2.70. The van der Waals surface area contributed by atoms with Crippen LogP contribution in [-0.2, 0) is 17.8 Å². The number of nitrogens with one attached hydrogen (secondary N) is 1. The van der Waals surface area contributed by atoms with Gasteiger partial charge < -0.3 is 14.6 Å². The Labute approximate surface area is 247 Å². The molecule has 4 heterocycles. The number of alkyl halides is 2. The lowest BCUT2D eigenvalue weighted by molar-refractivity contribution is -0.121. The van der Waals surface area contributed by atoms with Gasteiger partial charge in [-0.3, -0.25) is 19.6 Å². The fraction of sp³-hybridized carbons (Fsp3) is 0.235. The third-order valence-corrected chi connectivity index (χ3v) is 7.71. The van der Waals surface area contributed by atoms with Gasteiger partial charge in [-0.2, -0.15) is 0 Å². The molecular formula is C34H30F2N4O3. The van der Waals surface area contributed by atoms with Crippen molar-refractivity contribution in [1.29, 1.82) is 0 Å². The maximum absolute atomic E-state index is 13.6. The predicted molar refractivity (Wildman–Crippen MR) is 159 cm³/mol. The fourth-order valence-corrected chi connectivity index (χ4v) is 5.30. The van der Waals surface area contributed by atoms with E-state index < -0.39 is 5.92 Å². The van der Waals surface area contributed by atoms with E-state index >= 15 is 0 Å². The number of nitrogens with zero attached hydrogens (tertiary/aromatic N) is 3. The van der Waals surface area contributed by atoms with E-state index in [2.05, 4.69) is 15.3 Å². The minimum Gasteiger partial charge on any atom is -0.459 e. The van der Waals surface area contributed by atoms with Gasteiger partial charge in [-0.1, -0.05) is 24.3 Å². The van der Waals surface area contributed by atoms with Gasteiger partial charge in [0.25, 0.3) is 11.8 Å². The lowest BCUT2D eigenvalue weighted by Crippen LogP contribution is -2.42. The molecule has 0 unspecified atom stereocenters. The summed E-state index contributed by atoms with van der Waals surface area (Å²) in [6.45, 7) is 0.348. The van der Waals surface area contributed by atoms with Crippen LogP contribution >= 0.6 is 0 Å². The molecule has 2 amide bonds. The molecule has 0 spiro atoms. The van der Waals surface area contributed by atoms with Crippen LogP contribution in [0.3, 0.4) is 0 Å². The summed E-state index contributed by atoms with van der Waals surface area (Å²) in [5.41, 5.74) is 5.69. The second-order valence-electron chi connectivity index (χ2n) is 10.8. The summed E-state index contributed by atoms with van der Waals surface area (Å²) in [4.78, 5) is 35.3. The topological polar surface area (TPSA) is 88.3 Å². The molecule has 0 radical (unpaired) electrons. The smallest absolute Gasteiger partial charge is 0.253 e. The second-order valence-corrected chi connectivity index (χ2v) is 10.8. The number of hydrogen-bond acceptors (Lipinski definition) is 5. The van der Waals surface area contributed by atoms with Crippen LogP contribution in [0, 0.1) is 0 Å². The van der Waals surface area contributed by atoms with E-state index in [-0.39, 0.29) is 44.3 Å². The highest BCUT2D eigenvalue weighted by Crippen LogP contribution is 2.36. The zero-order valence-electron chi connectivity index (χ0n) is 23.4. The van der Waals surface area contributed by atoms with Gasteiger partial charge in [-0.15, -0.1) is 0 Å². The number of carbonyl (C=O) groups is 2. The van der Waals surface area contributed by atoms with Crippen LogP contribution in [-0.4, -0.2) is 45.7 Å². The fourth-order valence-electron chi connectivity index (χ4n) is 5.30. The third-order valence-electron chi connectivity index (χ3n) is 7.71. The summed E-state index contributed by atoms with van der Waals surface area (Å²) in [6.07, 6.45) is 7.27. The van der Waals surface area contributed by atoms with E-state index in [1.54, 1.807) is 36.9 Å². The largest absolute Gasteiger partial charge is 0.459 e. The van der Waals surface area contributed by atoms with Gasteiger partial charge in [0.1, 0.15) is 11.3 Å². The Bertz CT molecular complexity index is 1730. The number of amides is 2. The van der Waals surface area contributed by atoms with Crippen molar-refractivity contribution in [3.05, 3.63) is 108 Å². The van der Waals surface area contributed by atoms with E-state index in [1.165, 1.54) is 4.90 Å². The van der Waals surface area contributed by atoms with Crippen LogP contribution in [0.5, 0.6) is 0 Å². The van der Waals surface area contributed by atoms with Crippen molar-refractivity contribution in [3.8, 4) is 22.3 Å². The molecule has 0 bridgehead atoms. The van der Waals surface area contributed by atoms with Crippen molar-refractivity contribution in [1.82, 2.24) is 20.2 Å². The Morgan fingerprint density at radius 3 is 2.33 bits per heavy atom. The number of aryl methyl sites for hydroxylation is 1. The van der Waals surface area contributed by atoms with E-state index in [9.17, 15) is 18.4 Å². The Balaban J connectivity index is 1.22.